The molecular weight excluding hydrogens is 667 g/mol. The Morgan fingerprint density at radius 3 is 2.11 bits per heavy atom. The first kappa shape index (κ1) is 31.8. The molecule has 8 aromatic carbocycles. The van der Waals surface area contributed by atoms with Gasteiger partial charge in [-0.3, -0.25) is 5.32 Å². The zero-order chi connectivity index (χ0) is 36.3. The van der Waals surface area contributed by atoms with Crippen LogP contribution in [-0.4, -0.2) is 4.57 Å². The number of benzene rings is 8. The summed E-state index contributed by atoms with van der Waals surface area (Å²) >= 11 is 0. The third-order valence-electron chi connectivity index (χ3n) is 11.7. The summed E-state index contributed by atoms with van der Waals surface area (Å²) in [7, 11) is 0. The Morgan fingerprint density at radius 2 is 1.27 bits per heavy atom. The van der Waals surface area contributed by atoms with Crippen LogP contribution in [0.2, 0.25) is 0 Å². The van der Waals surface area contributed by atoms with Gasteiger partial charge in [0.1, 0.15) is 6.17 Å². The number of para-hydroxylation sites is 1. The highest BCUT2D eigenvalue weighted by Gasteiger charge is 2.26. The lowest BCUT2D eigenvalue weighted by Gasteiger charge is -2.33. The van der Waals surface area contributed by atoms with Crippen LogP contribution in [-0.2, 0) is 0 Å². The molecule has 9 aromatic rings. The van der Waals surface area contributed by atoms with Crippen LogP contribution in [0, 0.1) is 0 Å². The average molecular weight is 706 g/mol. The molecule has 2 N–H and O–H groups in total. The summed E-state index contributed by atoms with van der Waals surface area (Å²) in [6.45, 7) is 0. The third-order valence-corrected chi connectivity index (χ3v) is 11.7. The Balaban J connectivity index is 1.08. The van der Waals surface area contributed by atoms with E-state index < -0.39 is 0 Å². The molecule has 2 aliphatic rings. The third kappa shape index (κ3) is 5.31. The van der Waals surface area contributed by atoms with Crippen molar-refractivity contribution in [2.24, 2.45) is 0 Å². The second-order valence-corrected chi connectivity index (χ2v) is 14.9. The van der Waals surface area contributed by atoms with Crippen molar-refractivity contribution >= 4 is 65.4 Å². The maximum Gasteiger partial charge on any atom is 0.104 e. The molecule has 3 nitrogen and oxygen atoms in total. The van der Waals surface area contributed by atoms with E-state index in [-0.39, 0.29) is 12.2 Å². The zero-order valence-corrected chi connectivity index (χ0v) is 30.4. The summed E-state index contributed by atoms with van der Waals surface area (Å²) in [4.78, 5) is 0. The second kappa shape index (κ2) is 13.0. The average Bonchev–Trinajstić information content (AvgIpc) is 3.62. The van der Waals surface area contributed by atoms with Gasteiger partial charge in [-0.15, -0.1) is 0 Å². The first-order valence-electron chi connectivity index (χ1n) is 19.4. The second-order valence-electron chi connectivity index (χ2n) is 14.9. The predicted molar refractivity (Wildman–Crippen MR) is 232 cm³/mol. The van der Waals surface area contributed by atoms with Crippen molar-refractivity contribution in [2.75, 3.05) is 0 Å². The van der Waals surface area contributed by atoms with Gasteiger partial charge in [0.05, 0.1) is 17.1 Å². The molecule has 2 unspecified atom stereocenters. The first-order chi connectivity index (χ1) is 27.3. The molecule has 1 aromatic heterocycles. The van der Waals surface area contributed by atoms with Gasteiger partial charge in [0.2, 0.25) is 0 Å². The molecule has 2 heterocycles. The van der Waals surface area contributed by atoms with Crippen LogP contribution in [0.15, 0.2) is 188 Å². The van der Waals surface area contributed by atoms with Crippen LogP contribution in [0.1, 0.15) is 47.3 Å². The minimum absolute atomic E-state index is 0.0359. The smallest absolute Gasteiger partial charge is 0.104 e. The van der Waals surface area contributed by atoms with E-state index in [1.54, 1.807) is 0 Å². The van der Waals surface area contributed by atoms with Crippen LogP contribution in [0.25, 0.3) is 71.1 Å². The lowest BCUT2D eigenvalue weighted by Crippen LogP contribution is -2.39. The standard InChI is InChI=1S/C52H39N3/c1-3-14-34(15-4-1)35-26-28-38(29-27-35)47-33-46(37-17-5-2-6-18-37)53-52(54-47)39-19-13-20-40(32-39)55-48-25-12-11-24-45(48)50-49-41-21-8-7-16-36(41)30-31-43(49)42-22-9-10-23-44(42)51(50)55/h1-3,5-14,16-33,46,52-54H,4,15H2. The van der Waals surface area contributed by atoms with Crippen molar-refractivity contribution in [1.82, 2.24) is 15.2 Å². The molecule has 0 radical (unpaired) electrons. The largest absolute Gasteiger partial charge is 0.366 e. The monoisotopic (exact) mass is 705 g/mol. The normalized spacial score (nSPS) is 17.2. The molecule has 3 heteroatoms. The summed E-state index contributed by atoms with van der Waals surface area (Å²) in [6.07, 6.45) is 11.1. The van der Waals surface area contributed by atoms with Gasteiger partial charge in [-0.2, -0.15) is 0 Å². The topological polar surface area (TPSA) is 29.0 Å². The van der Waals surface area contributed by atoms with Crippen molar-refractivity contribution in [1.29, 1.82) is 0 Å². The lowest BCUT2D eigenvalue weighted by molar-refractivity contribution is 0.442. The van der Waals surface area contributed by atoms with Gasteiger partial charge < -0.3 is 9.88 Å². The number of nitrogens with one attached hydrogen (secondary N) is 2. The van der Waals surface area contributed by atoms with E-state index in [4.69, 9.17) is 0 Å². The predicted octanol–water partition coefficient (Wildman–Crippen LogP) is 13.0. The lowest BCUT2D eigenvalue weighted by atomic mass is 9.93. The molecule has 0 bridgehead atoms. The number of aromatic nitrogens is 1. The minimum Gasteiger partial charge on any atom is -0.366 e. The van der Waals surface area contributed by atoms with Crippen molar-refractivity contribution < 1.29 is 0 Å². The van der Waals surface area contributed by atoms with E-state index in [1.165, 1.54) is 82.0 Å². The van der Waals surface area contributed by atoms with Gasteiger partial charge >= 0.3 is 0 Å². The van der Waals surface area contributed by atoms with Crippen LogP contribution in [0.3, 0.4) is 0 Å². The molecule has 1 aliphatic carbocycles. The first-order valence-corrected chi connectivity index (χ1v) is 19.4. The van der Waals surface area contributed by atoms with Gasteiger partial charge in [-0.25, -0.2) is 0 Å². The van der Waals surface area contributed by atoms with Crippen molar-refractivity contribution in [2.45, 2.75) is 25.0 Å². The molecular formula is C52H39N3. The Labute approximate surface area is 320 Å². The van der Waals surface area contributed by atoms with Gasteiger partial charge in [0, 0.05) is 32.9 Å². The summed E-state index contributed by atoms with van der Waals surface area (Å²) in [5, 5.41) is 18.1. The van der Waals surface area contributed by atoms with E-state index in [1.807, 2.05) is 0 Å². The highest BCUT2D eigenvalue weighted by molar-refractivity contribution is 6.36. The maximum atomic E-state index is 3.96. The van der Waals surface area contributed by atoms with Crippen LogP contribution in [0.5, 0.6) is 0 Å². The Hall–Kier alpha value is -6.68. The molecule has 2 atom stereocenters. The van der Waals surface area contributed by atoms with Gasteiger partial charge in [-0.05, 0) is 86.5 Å². The number of hydrogen-bond acceptors (Lipinski definition) is 2. The van der Waals surface area contributed by atoms with E-state index in [0.29, 0.717) is 0 Å². The van der Waals surface area contributed by atoms with Crippen LogP contribution in [0.4, 0.5) is 0 Å². The SMILES string of the molecule is C1=CCCC(c2ccc(C3=CC(c4ccccc4)NC(c4cccc(-n5c6ccccc6c6c7c8ccccc8ccc7c7ccccc7c65)c4)N3)cc2)=C1. The molecule has 0 fully saturated rings. The van der Waals surface area contributed by atoms with Gasteiger partial charge in [0.25, 0.3) is 0 Å². The molecule has 11 rings (SSSR count). The number of rotatable bonds is 5. The van der Waals surface area contributed by atoms with Crippen LogP contribution < -0.4 is 10.6 Å². The van der Waals surface area contributed by atoms with E-state index in [2.05, 4.69) is 203 Å². The summed E-state index contributed by atoms with van der Waals surface area (Å²) in [5.41, 5.74) is 11.0. The molecule has 0 saturated heterocycles. The zero-order valence-electron chi connectivity index (χ0n) is 30.4. The molecule has 0 amide bonds. The minimum atomic E-state index is -0.120. The fraction of sp³-hybridized carbons (Fsp3) is 0.0769. The Kier molecular flexibility index (Phi) is 7.53. The fourth-order valence-electron chi connectivity index (χ4n) is 9.11. The number of allylic oxidation sites excluding steroid dienone is 4. The summed E-state index contributed by atoms with van der Waals surface area (Å²) in [6, 6.07) is 60.3. The fourth-order valence-corrected chi connectivity index (χ4v) is 9.11. The molecule has 1 aliphatic heterocycles. The summed E-state index contributed by atoms with van der Waals surface area (Å²) in [5.74, 6) is 0. The van der Waals surface area contributed by atoms with E-state index in [0.717, 1.165) is 24.2 Å². The Morgan fingerprint density at radius 1 is 0.545 bits per heavy atom. The maximum absolute atomic E-state index is 3.96. The van der Waals surface area contributed by atoms with Crippen LogP contribution >= 0.6 is 0 Å². The molecule has 0 spiro atoms. The number of fused-ring (bicyclic) bond motifs is 10. The molecule has 0 saturated carbocycles. The van der Waals surface area contributed by atoms with E-state index in [9.17, 15) is 0 Å². The quantitative estimate of drug-likeness (QED) is 0.175. The van der Waals surface area contributed by atoms with Crippen molar-refractivity contribution in [3.8, 4) is 5.69 Å². The number of nitrogens with zero attached hydrogens (tertiary/aromatic N) is 1. The highest BCUT2D eigenvalue weighted by Crippen LogP contribution is 2.45. The van der Waals surface area contributed by atoms with Gasteiger partial charge in [-0.1, -0.05) is 164 Å². The summed E-state index contributed by atoms with van der Waals surface area (Å²) < 4.78 is 2.50. The number of hydrogen-bond donors (Lipinski definition) is 2. The van der Waals surface area contributed by atoms with E-state index >= 15 is 0 Å². The Bertz CT molecular complexity index is 3040. The molecule has 55 heavy (non-hydrogen) atoms. The van der Waals surface area contributed by atoms with Gasteiger partial charge in [0.15, 0.2) is 0 Å². The van der Waals surface area contributed by atoms with Crippen molar-refractivity contribution in [3.05, 3.63) is 210 Å². The highest BCUT2D eigenvalue weighted by atomic mass is 15.2. The van der Waals surface area contributed by atoms with Crippen molar-refractivity contribution in [3.63, 3.8) is 0 Å². The molecule has 262 valence electrons.